The highest BCUT2D eigenvalue weighted by Gasteiger charge is 2.24. The summed E-state index contributed by atoms with van der Waals surface area (Å²) in [5.41, 5.74) is -0.338. The van der Waals surface area contributed by atoms with Gasteiger partial charge in [0.25, 0.3) is 11.6 Å². The standard InChI is InChI=1S/C18H17F3N4O3.ClH/c19-14-7-10(8-15(20)17(14)21)18(26)24-12-3-1-11(2-4-12)23-16-9-13(25(27)28)5-6-22-16;/h5-9,11-12H,1-4H2,(H,22,23)(H,24,26);1H/t11-,12+;. The Morgan fingerprint density at radius 3 is 2.24 bits per heavy atom. The Morgan fingerprint density at radius 2 is 1.66 bits per heavy atom. The molecule has 2 aromatic rings. The zero-order chi connectivity index (χ0) is 20.3. The Labute approximate surface area is 170 Å². The minimum atomic E-state index is -1.61. The molecule has 1 fully saturated rings. The van der Waals surface area contributed by atoms with Crippen molar-refractivity contribution in [2.24, 2.45) is 0 Å². The van der Waals surface area contributed by atoms with Gasteiger partial charge in [-0.15, -0.1) is 12.4 Å². The molecule has 1 aliphatic carbocycles. The number of carbonyl (C=O) groups is 1. The average Bonchev–Trinajstić information content (AvgIpc) is 2.67. The topological polar surface area (TPSA) is 97.2 Å². The van der Waals surface area contributed by atoms with Gasteiger partial charge in [-0.3, -0.25) is 14.9 Å². The Bertz CT molecular complexity index is 885. The number of rotatable bonds is 5. The highest BCUT2D eigenvalue weighted by molar-refractivity contribution is 5.94. The fourth-order valence-corrected chi connectivity index (χ4v) is 3.16. The number of halogens is 4. The van der Waals surface area contributed by atoms with Gasteiger partial charge in [0.15, 0.2) is 17.5 Å². The van der Waals surface area contributed by atoms with Crippen LogP contribution in [0, 0.1) is 27.6 Å². The number of pyridine rings is 1. The maximum atomic E-state index is 13.3. The van der Waals surface area contributed by atoms with Crippen LogP contribution in [0.2, 0.25) is 0 Å². The number of nitro groups is 1. The van der Waals surface area contributed by atoms with Gasteiger partial charge in [-0.1, -0.05) is 0 Å². The predicted molar refractivity (Wildman–Crippen MR) is 102 cm³/mol. The van der Waals surface area contributed by atoms with Crippen molar-refractivity contribution in [3.63, 3.8) is 0 Å². The molecule has 1 aliphatic rings. The van der Waals surface area contributed by atoms with Crippen molar-refractivity contribution in [1.29, 1.82) is 0 Å². The lowest BCUT2D eigenvalue weighted by atomic mass is 9.91. The minimum absolute atomic E-state index is 0. The van der Waals surface area contributed by atoms with Gasteiger partial charge in [0, 0.05) is 29.9 Å². The number of nitrogens with one attached hydrogen (secondary N) is 2. The van der Waals surface area contributed by atoms with E-state index < -0.39 is 28.3 Å². The summed E-state index contributed by atoms with van der Waals surface area (Å²) in [7, 11) is 0. The van der Waals surface area contributed by atoms with Gasteiger partial charge in [-0.2, -0.15) is 0 Å². The maximum Gasteiger partial charge on any atom is 0.274 e. The Kier molecular flexibility index (Phi) is 7.38. The van der Waals surface area contributed by atoms with Crippen LogP contribution < -0.4 is 10.6 Å². The van der Waals surface area contributed by atoms with Crippen LogP contribution in [-0.4, -0.2) is 27.9 Å². The van der Waals surface area contributed by atoms with Crippen LogP contribution in [0.1, 0.15) is 36.0 Å². The van der Waals surface area contributed by atoms with Gasteiger partial charge in [-0.05, 0) is 37.8 Å². The summed E-state index contributed by atoms with van der Waals surface area (Å²) in [6, 6.07) is 3.82. The van der Waals surface area contributed by atoms with Crippen LogP contribution in [0.5, 0.6) is 0 Å². The van der Waals surface area contributed by atoms with Crippen LogP contribution in [0.4, 0.5) is 24.7 Å². The summed E-state index contributed by atoms with van der Waals surface area (Å²) in [6.07, 6.45) is 3.89. The molecule has 11 heteroatoms. The maximum absolute atomic E-state index is 13.3. The molecule has 1 amide bonds. The summed E-state index contributed by atoms with van der Waals surface area (Å²) >= 11 is 0. The number of benzene rings is 1. The molecule has 7 nitrogen and oxygen atoms in total. The molecule has 3 rings (SSSR count). The SMILES string of the molecule is Cl.O=C(N[C@H]1CC[C@@H](Nc2cc([N+](=O)[O-])ccn2)CC1)c1cc(F)c(F)c(F)c1. The Balaban J connectivity index is 0.00000300. The van der Waals surface area contributed by atoms with Crippen molar-refractivity contribution in [3.05, 3.63) is 63.6 Å². The van der Waals surface area contributed by atoms with Crippen molar-refractivity contribution in [3.8, 4) is 0 Å². The smallest absolute Gasteiger partial charge is 0.274 e. The van der Waals surface area contributed by atoms with Gasteiger partial charge < -0.3 is 10.6 Å². The number of anilines is 1. The number of carbonyl (C=O) groups excluding carboxylic acids is 1. The van der Waals surface area contributed by atoms with Crippen LogP contribution in [0.15, 0.2) is 30.5 Å². The van der Waals surface area contributed by atoms with E-state index in [0.717, 1.165) is 0 Å². The molecule has 0 saturated heterocycles. The van der Waals surface area contributed by atoms with E-state index in [0.29, 0.717) is 43.6 Å². The summed E-state index contributed by atoms with van der Waals surface area (Å²) < 4.78 is 39.5. The molecule has 29 heavy (non-hydrogen) atoms. The van der Waals surface area contributed by atoms with E-state index in [9.17, 15) is 28.1 Å². The van der Waals surface area contributed by atoms with Gasteiger partial charge in [0.2, 0.25) is 0 Å². The largest absolute Gasteiger partial charge is 0.367 e. The summed E-state index contributed by atoms with van der Waals surface area (Å²) in [4.78, 5) is 26.5. The van der Waals surface area contributed by atoms with Crippen molar-refractivity contribution in [1.82, 2.24) is 10.3 Å². The van der Waals surface area contributed by atoms with Crippen molar-refractivity contribution < 1.29 is 22.9 Å². The zero-order valence-corrected chi connectivity index (χ0v) is 15.8. The van der Waals surface area contributed by atoms with E-state index in [-0.39, 0.29) is 35.7 Å². The average molecular weight is 431 g/mol. The molecular weight excluding hydrogens is 413 g/mol. The molecule has 0 unspecified atom stereocenters. The molecule has 2 N–H and O–H groups in total. The molecule has 0 aliphatic heterocycles. The summed E-state index contributed by atoms with van der Waals surface area (Å²) in [6.45, 7) is 0. The van der Waals surface area contributed by atoms with E-state index in [1.165, 1.54) is 18.3 Å². The third-order valence-electron chi connectivity index (χ3n) is 4.61. The predicted octanol–water partition coefficient (Wildman–Crippen LogP) is 3.98. The number of aromatic nitrogens is 1. The monoisotopic (exact) mass is 430 g/mol. The van der Waals surface area contributed by atoms with Crippen LogP contribution in [-0.2, 0) is 0 Å². The van der Waals surface area contributed by atoms with Crippen LogP contribution >= 0.6 is 12.4 Å². The van der Waals surface area contributed by atoms with Crippen LogP contribution in [0.25, 0.3) is 0 Å². The molecule has 156 valence electrons. The quantitative estimate of drug-likeness (QED) is 0.425. The van der Waals surface area contributed by atoms with Gasteiger partial charge >= 0.3 is 0 Å². The summed E-state index contributed by atoms with van der Waals surface area (Å²) in [5, 5.41) is 16.6. The van der Waals surface area contributed by atoms with Crippen LogP contribution in [0.3, 0.4) is 0 Å². The van der Waals surface area contributed by atoms with Crippen molar-refractivity contribution in [2.75, 3.05) is 5.32 Å². The minimum Gasteiger partial charge on any atom is -0.367 e. The summed E-state index contributed by atoms with van der Waals surface area (Å²) in [5.74, 6) is -4.71. The number of hydrogen-bond acceptors (Lipinski definition) is 5. The number of hydrogen-bond donors (Lipinski definition) is 2. The van der Waals surface area contributed by atoms with E-state index in [1.807, 2.05) is 0 Å². The number of nitrogens with zero attached hydrogens (tertiary/aromatic N) is 2. The third-order valence-corrected chi connectivity index (χ3v) is 4.61. The molecule has 0 bridgehead atoms. The lowest BCUT2D eigenvalue weighted by Gasteiger charge is -2.30. The molecule has 1 heterocycles. The van der Waals surface area contributed by atoms with Gasteiger partial charge in [-0.25, -0.2) is 18.2 Å². The highest BCUT2D eigenvalue weighted by atomic mass is 35.5. The van der Waals surface area contributed by atoms with Crippen molar-refractivity contribution >= 4 is 29.8 Å². The second kappa shape index (κ2) is 9.55. The normalized spacial score (nSPS) is 18.4. The highest BCUT2D eigenvalue weighted by Crippen LogP contribution is 2.23. The molecule has 0 spiro atoms. The fourth-order valence-electron chi connectivity index (χ4n) is 3.16. The molecule has 1 aromatic heterocycles. The van der Waals surface area contributed by atoms with E-state index in [4.69, 9.17) is 0 Å². The molecule has 0 atom stereocenters. The first-order chi connectivity index (χ1) is 13.3. The van der Waals surface area contributed by atoms with E-state index in [1.54, 1.807) is 0 Å². The molecule has 0 radical (unpaired) electrons. The van der Waals surface area contributed by atoms with Crippen molar-refractivity contribution in [2.45, 2.75) is 37.8 Å². The molecular formula is C18H18ClF3N4O3. The van der Waals surface area contributed by atoms with Gasteiger partial charge in [0.1, 0.15) is 5.82 Å². The Morgan fingerprint density at radius 1 is 1.07 bits per heavy atom. The second-order valence-corrected chi connectivity index (χ2v) is 6.58. The third kappa shape index (κ3) is 5.57. The van der Waals surface area contributed by atoms with E-state index in [2.05, 4.69) is 15.6 Å². The lowest BCUT2D eigenvalue weighted by molar-refractivity contribution is -0.384. The zero-order valence-electron chi connectivity index (χ0n) is 15.0. The lowest BCUT2D eigenvalue weighted by Crippen LogP contribution is -2.40. The second-order valence-electron chi connectivity index (χ2n) is 6.58. The van der Waals surface area contributed by atoms with Gasteiger partial charge in [0.05, 0.1) is 11.0 Å². The fraction of sp³-hybridized carbons (Fsp3) is 0.333. The first-order valence-electron chi connectivity index (χ1n) is 8.66. The Hall–Kier alpha value is -2.88. The first-order valence-corrected chi connectivity index (χ1v) is 8.66. The number of amides is 1. The molecule has 1 saturated carbocycles. The van der Waals surface area contributed by atoms with E-state index >= 15 is 0 Å². The molecule has 1 aromatic carbocycles. The first kappa shape index (κ1) is 22.4.